The van der Waals surface area contributed by atoms with Gasteiger partial charge in [-0.05, 0) is 30.7 Å². The maximum Gasteiger partial charge on any atom is 0.326 e. The van der Waals surface area contributed by atoms with Crippen LogP contribution in [0, 0.1) is 0 Å². The molecule has 2 aromatic carbocycles. The third-order valence-electron chi connectivity index (χ3n) is 4.66. The van der Waals surface area contributed by atoms with E-state index in [2.05, 4.69) is 5.32 Å². The van der Waals surface area contributed by atoms with Crippen molar-refractivity contribution in [1.29, 1.82) is 0 Å². The molecule has 27 heavy (non-hydrogen) atoms. The third-order valence-corrected chi connectivity index (χ3v) is 4.66. The number of hydrogen-bond donors (Lipinski definition) is 2. The Morgan fingerprint density at radius 2 is 1.59 bits per heavy atom. The zero-order chi connectivity index (χ0) is 19.4. The van der Waals surface area contributed by atoms with Gasteiger partial charge in [0.1, 0.15) is 12.6 Å². The lowest BCUT2D eigenvalue weighted by atomic mass is 10.1. The van der Waals surface area contributed by atoms with Crippen LogP contribution in [0.25, 0.3) is 21.8 Å². The minimum Gasteiger partial charge on any atom is -0.480 e. The fourth-order valence-corrected chi connectivity index (χ4v) is 3.30. The van der Waals surface area contributed by atoms with Gasteiger partial charge < -0.3 is 15.0 Å². The van der Waals surface area contributed by atoms with Gasteiger partial charge in [-0.25, -0.2) is 4.79 Å². The fraction of sp³-hybridized carbons (Fsp3) is 0.286. The highest BCUT2D eigenvalue weighted by Gasteiger charge is 2.20. The summed E-state index contributed by atoms with van der Waals surface area (Å²) in [6.45, 7) is 1.91. The number of aliphatic carboxylic acids is 1. The topological polar surface area (TPSA) is 88.4 Å². The van der Waals surface area contributed by atoms with Crippen molar-refractivity contribution in [1.82, 2.24) is 9.88 Å². The number of rotatable bonds is 7. The van der Waals surface area contributed by atoms with Gasteiger partial charge >= 0.3 is 5.97 Å². The number of carboxylic acids is 1. The Bertz CT molecular complexity index is 995. The molecular formula is C21H22N2O4. The second-order valence-electron chi connectivity index (χ2n) is 6.55. The Hall–Kier alpha value is -3.15. The number of para-hydroxylation sites is 2. The molecule has 2 N–H and O–H groups in total. The van der Waals surface area contributed by atoms with E-state index in [4.69, 9.17) is 0 Å². The summed E-state index contributed by atoms with van der Waals surface area (Å²) in [4.78, 5) is 36.7. The molecule has 0 fully saturated rings. The first-order chi connectivity index (χ1) is 13.0. The number of unbranched alkanes of at least 4 members (excludes halogenated alkanes) is 1. The summed E-state index contributed by atoms with van der Waals surface area (Å²) in [5.41, 5.74) is 1.22. The van der Waals surface area contributed by atoms with E-state index >= 15 is 0 Å². The molecule has 3 aromatic rings. The van der Waals surface area contributed by atoms with Crippen LogP contribution in [-0.4, -0.2) is 27.6 Å². The number of amides is 1. The van der Waals surface area contributed by atoms with Crippen molar-refractivity contribution in [3.63, 3.8) is 0 Å². The number of nitrogens with zero attached hydrogens (tertiary/aromatic N) is 1. The van der Waals surface area contributed by atoms with Crippen LogP contribution in [0.3, 0.4) is 0 Å². The Kier molecular flexibility index (Phi) is 5.54. The molecule has 0 bridgehead atoms. The maximum atomic E-state index is 12.7. The van der Waals surface area contributed by atoms with Crippen LogP contribution in [0.15, 0.2) is 53.3 Å². The zero-order valence-electron chi connectivity index (χ0n) is 15.1. The summed E-state index contributed by atoms with van der Waals surface area (Å²) in [6.07, 6.45) is 1.97. The van der Waals surface area contributed by atoms with E-state index < -0.39 is 17.9 Å². The van der Waals surface area contributed by atoms with Gasteiger partial charge in [-0.3, -0.25) is 9.59 Å². The molecule has 0 spiro atoms. The van der Waals surface area contributed by atoms with Crippen molar-refractivity contribution in [2.75, 3.05) is 0 Å². The van der Waals surface area contributed by atoms with Crippen molar-refractivity contribution in [3.05, 3.63) is 58.8 Å². The first-order valence-electron chi connectivity index (χ1n) is 9.05. The van der Waals surface area contributed by atoms with Crippen molar-refractivity contribution < 1.29 is 14.7 Å². The molecule has 0 unspecified atom stereocenters. The van der Waals surface area contributed by atoms with Gasteiger partial charge in [-0.15, -0.1) is 0 Å². The van der Waals surface area contributed by atoms with Gasteiger partial charge in [0, 0.05) is 10.8 Å². The number of carbonyl (C=O) groups excluding carboxylic acids is 1. The molecule has 6 heteroatoms. The van der Waals surface area contributed by atoms with Crippen LogP contribution in [0.2, 0.25) is 0 Å². The smallest absolute Gasteiger partial charge is 0.326 e. The summed E-state index contributed by atoms with van der Waals surface area (Å²) in [7, 11) is 0. The number of hydrogen-bond acceptors (Lipinski definition) is 3. The summed E-state index contributed by atoms with van der Waals surface area (Å²) in [6, 6.07) is 13.3. The molecule has 0 saturated carbocycles. The average molecular weight is 366 g/mol. The van der Waals surface area contributed by atoms with Crippen molar-refractivity contribution >= 4 is 33.7 Å². The summed E-state index contributed by atoms with van der Waals surface area (Å²) in [5, 5.41) is 13.0. The normalized spacial score (nSPS) is 12.2. The standard InChI is InChI=1S/C21H22N2O4/c1-2-3-10-16(21(26)27)22-19(24)13-23-17-11-6-4-8-14(17)20(25)15-9-5-7-12-18(15)23/h4-9,11-12,16H,2-3,10,13H2,1H3,(H,22,24)(H,26,27)/t16-/m0/s1. The van der Waals surface area contributed by atoms with Crippen molar-refractivity contribution in [2.45, 2.75) is 38.8 Å². The van der Waals surface area contributed by atoms with Gasteiger partial charge in [-0.1, -0.05) is 44.0 Å². The maximum absolute atomic E-state index is 12.7. The van der Waals surface area contributed by atoms with E-state index in [1.54, 1.807) is 41.0 Å². The quantitative estimate of drug-likeness (QED) is 0.629. The predicted molar refractivity (Wildman–Crippen MR) is 105 cm³/mol. The molecule has 1 amide bonds. The third kappa shape index (κ3) is 3.84. The van der Waals surface area contributed by atoms with Crippen LogP contribution in [0.1, 0.15) is 26.2 Å². The minimum atomic E-state index is -1.04. The number of pyridine rings is 1. The predicted octanol–water partition coefficient (Wildman–Crippen LogP) is 2.91. The van der Waals surface area contributed by atoms with E-state index in [1.807, 2.05) is 19.1 Å². The first-order valence-corrected chi connectivity index (χ1v) is 9.05. The fourth-order valence-electron chi connectivity index (χ4n) is 3.30. The highest BCUT2D eigenvalue weighted by atomic mass is 16.4. The lowest BCUT2D eigenvalue weighted by Gasteiger charge is -2.18. The Morgan fingerprint density at radius 3 is 2.11 bits per heavy atom. The zero-order valence-corrected chi connectivity index (χ0v) is 15.1. The summed E-state index contributed by atoms with van der Waals surface area (Å²) >= 11 is 0. The lowest BCUT2D eigenvalue weighted by Crippen LogP contribution is -2.42. The second-order valence-corrected chi connectivity index (χ2v) is 6.55. The Morgan fingerprint density at radius 1 is 1.04 bits per heavy atom. The molecule has 0 aliphatic carbocycles. The van der Waals surface area contributed by atoms with Crippen LogP contribution < -0.4 is 10.7 Å². The number of benzene rings is 2. The van der Waals surface area contributed by atoms with Crippen molar-refractivity contribution in [2.24, 2.45) is 0 Å². The molecule has 140 valence electrons. The number of carbonyl (C=O) groups is 2. The molecule has 0 aliphatic rings. The molecule has 0 aliphatic heterocycles. The van der Waals surface area contributed by atoms with Gasteiger partial charge in [0.25, 0.3) is 0 Å². The molecule has 0 radical (unpaired) electrons. The van der Waals surface area contributed by atoms with Crippen LogP contribution >= 0.6 is 0 Å². The largest absolute Gasteiger partial charge is 0.480 e. The number of fused-ring (bicyclic) bond motifs is 2. The van der Waals surface area contributed by atoms with E-state index in [9.17, 15) is 19.5 Å². The van der Waals surface area contributed by atoms with Crippen LogP contribution in [0.4, 0.5) is 0 Å². The van der Waals surface area contributed by atoms with Gasteiger partial charge in [-0.2, -0.15) is 0 Å². The van der Waals surface area contributed by atoms with Gasteiger partial charge in [0.2, 0.25) is 5.91 Å². The van der Waals surface area contributed by atoms with Crippen LogP contribution in [0.5, 0.6) is 0 Å². The second kappa shape index (κ2) is 8.03. The SMILES string of the molecule is CCCC[C@H](NC(=O)Cn1c2ccccc2c(=O)c2ccccc21)C(=O)O. The molecule has 1 aromatic heterocycles. The van der Waals surface area contributed by atoms with Crippen molar-refractivity contribution in [3.8, 4) is 0 Å². The van der Waals surface area contributed by atoms with E-state index in [0.717, 1.165) is 12.8 Å². The first kappa shape index (κ1) is 18.6. The minimum absolute atomic E-state index is 0.0583. The Labute approximate surface area is 156 Å². The molecule has 0 saturated heterocycles. The van der Waals surface area contributed by atoms with E-state index in [1.165, 1.54) is 0 Å². The van der Waals surface area contributed by atoms with Gasteiger partial charge in [0.15, 0.2) is 5.43 Å². The lowest BCUT2D eigenvalue weighted by molar-refractivity contribution is -0.142. The molecule has 1 atom stereocenters. The molecular weight excluding hydrogens is 344 g/mol. The Balaban J connectivity index is 2.00. The molecule has 6 nitrogen and oxygen atoms in total. The molecule has 3 rings (SSSR count). The summed E-state index contributed by atoms with van der Waals surface area (Å²) in [5.74, 6) is -1.43. The van der Waals surface area contributed by atoms with E-state index in [-0.39, 0.29) is 12.0 Å². The number of carboxylic acid groups (broad SMARTS) is 1. The number of nitrogens with one attached hydrogen (secondary N) is 1. The van der Waals surface area contributed by atoms with Gasteiger partial charge in [0.05, 0.1) is 11.0 Å². The summed E-state index contributed by atoms with van der Waals surface area (Å²) < 4.78 is 1.76. The number of aromatic nitrogens is 1. The highest BCUT2D eigenvalue weighted by molar-refractivity contribution is 5.95. The van der Waals surface area contributed by atoms with Crippen LogP contribution in [-0.2, 0) is 16.1 Å². The average Bonchev–Trinajstić information content (AvgIpc) is 2.68. The highest BCUT2D eigenvalue weighted by Crippen LogP contribution is 2.19. The van der Waals surface area contributed by atoms with E-state index in [0.29, 0.717) is 28.2 Å². The molecule has 1 heterocycles. The monoisotopic (exact) mass is 366 g/mol.